The topological polar surface area (TPSA) is 67.9 Å². The van der Waals surface area contributed by atoms with Crippen LogP contribution in [-0.2, 0) is 16.1 Å². The second-order valence-corrected chi connectivity index (χ2v) is 9.69. The van der Waals surface area contributed by atoms with Gasteiger partial charge >= 0.3 is 0 Å². The average Bonchev–Trinajstić information content (AvgIpc) is 2.72. The number of hydrogen-bond acceptors (Lipinski definition) is 4. The Hall–Kier alpha value is -2.25. The molecule has 0 aliphatic heterocycles. The fraction of sp³-hybridized carbons (Fsp3) is 0.417. The molecule has 0 saturated heterocycles. The van der Waals surface area contributed by atoms with Crippen LogP contribution in [0.4, 0.5) is 0 Å². The Morgan fingerprint density at radius 2 is 1.81 bits per heavy atom. The summed E-state index contributed by atoms with van der Waals surface area (Å²) in [5.74, 6) is 0.729. The molecule has 0 spiro atoms. The lowest BCUT2D eigenvalue weighted by molar-refractivity contribution is -0.143. The van der Waals surface area contributed by atoms with Gasteiger partial charge in [0.2, 0.25) is 5.91 Å². The molecule has 0 aromatic heterocycles. The van der Waals surface area contributed by atoms with Crippen molar-refractivity contribution in [2.45, 2.75) is 52.2 Å². The van der Waals surface area contributed by atoms with E-state index in [0.29, 0.717) is 21.7 Å². The zero-order chi connectivity index (χ0) is 23.9. The molecule has 1 atom stereocenters. The number of halogens is 2. The van der Waals surface area contributed by atoms with E-state index in [-0.39, 0.29) is 25.0 Å². The van der Waals surface area contributed by atoms with Crippen molar-refractivity contribution in [2.24, 2.45) is 0 Å². The number of amides is 2. The summed E-state index contributed by atoms with van der Waals surface area (Å²) >= 11 is 9.37. The maximum Gasteiger partial charge on any atom is 0.261 e. The number of carbonyl (C=O) groups is 2. The van der Waals surface area contributed by atoms with Crippen LogP contribution < -0.4 is 14.8 Å². The van der Waals surface area contributed by atoms with Gasteiger partial charge in [0.1, 0.15) is 17.5 Å². The molecule has 2 aromatic rings. The normalized spacial score (nSPS) is 12.1. The first-order chi connectivity index (χ1) is 15.0. The van der Waals surface area contributed by atoms with Gasteiger partial charge in [0, 0.05) is 17.1 Å². The third kappa shape index (κ3) is 7.71. The van der Waals surface area contributed by atoms with Gasteiger partial charge in [-0.2, -0.15) is 0 Å². The number of nitrogens with zero attached hydrogens (tertiary/aromatic N) is 1. The fourth-order valence-electron chi connectivity index (χ4n) is 3.11. The molecule has 0 heterocycles. The van der Waals surface area contributed by atoms with E-state index in [4.69, 9.17) is 21.1 Å². The Morgan fingerprint density at radius 3 is 2.34 bits per heavy atom. The maximum atomic E-state index is 13.2. The van der Waals surface area contributed by atoms with Crippen molar-refractivity contribution in [3.05, 3.63) is 57.5 Å². The molecule has 0 fully saturated rings. The number of ether oxygens (including phenoxy) is 2. The summed E-state index contributed by atoms with van der Waals surface area (Å²) in [6.07, 6.45) is 0.467. The summed E-state index contributed by atoms with van der Waals surface area (Å²) in [4.78, 5) is 27.8. The van der Waals surface area contributed by atoms with Gasteiger partial charge in [0.05, 0.1) is 11.6 Å². The van der Waals surface area contributed by atoms with Gasteiger partial charge in [0.15, 0.2) is 6.61 Å². The lowest BCUT2D eigenvalue weighted by Crippen LogP contribution is -2.54. The van der Waals surface area contributed by atoms with Crippen molar-refractivity contribution in [3.63, 3.8) is 0 Å². The molecule has 0 radical (unpaired) electrons. The molecule has 2 rings (SSSR count). The highest BCUT2D eigenvalue weighted by Gasteiger charge is 2.31. The highest BCUT2D eigenvalue weighted by atomic mass is 79.9. The largest absolute Gasteiger partial charge is 0.497 e. The zero-order valence-electron chi connectivity index (χ0n) is 19.1. The summed E-state index contributed by atoms with van der Waals surface area (Å²) in [7, 11) is 1.60. The number of rotatable bonds is 9. The van der Waals surface area contributed by atoms with Crippen LogP contribution in [0.15, 0.2) is 46.9 Å². The Labute approximate surface area is 203 Å². The van der Waals surface area contributed by atoms with E-state index < -0.39 is 11.6 Å². The van der Waals surface area contributed by atoms with E-state index in [9.17, 15) is 9.59 Å². The smallest absolute Gasteiger partial charge is 0.261 e. The number of carbonyl (C=O) groups excluding carboxylic acids is 2. The van der Waals surface area contributed by atoms with Gasteiger partial charge in [-0.25, -0.2) is 0 Å². The third-order valence-corrected chi connectivity index (χ3v) is 5.50. The van der Waals surface area contributed by atoms with Crippen LogP contribution in [0.5, 0.6) is 11.5 Å². The third-order valence-electron chi connectivity index (χ3n) is 4.64. The first-order valence-corrected chi connectivity index (χ1v) is 11.5. The van der Waals surface area contributed by atoms with Gasteiger partial charge in [-0.15, -0.1) is 0 Å². The van der Waals surface area contributed by atoms with E-state index in [1.54, 1.807) is 30.2 Å². The fourth-order valence-corrected chi connectivity index (χ4v) is 3.91. The minimum Gasteiger partial charge on any atom is -0.497 e. The van der Waals surface area contributed by atoms with E-state index in [2.05, 4.69) is 21.2 Å². The van der Waals surface area contributed by atoms with Crippen LogP contribution in [0.25, 0.3) is 0 Å². The van der Waals surface area contributed by atoms with E-state index in [1.165, 1.54) is 0 Å². The molecular weight excluding hydrogens is 496 g/mol. The first kappa shape index (κ1) is 26.0. The average molecular weight is 526 g/mol. The molecule has 2 amide bonds. The van der Waals surface area contributed by atoms with Crippen molar-refractivity contribution in [1.29, 1.82) is 0 Å². The van der Waals surface area contributed by atoms with E-state index >= 15 is 0 Å². The van der Waals surface area contributed by atoms with Crippen LogP contribution in [0.3, 0.4) is 0 Å². The molecule has 0 aliphatic rings. The van der Waals surface area contributed by atoms with Gasteiger partial charge in [-0.3, -0.25) is 9.59 Å². The second kappa shape index (κ2) is 11.6. The van der Waals surface area contributed by atoms with E-state index in [1.807, 2.05) is 52.0 Å². The van der Waals surface area contributed by atoms with Crippen molar-refractivity contribution < 1.29 is 19.1 Å². The SMILES string of the molecule is CC[C@@H](C(=O)NC(C)(C)C)N(Cc1ccc(OC)cc1)C(=O)COc1ccc(Cl)cc1Br. The Kier molecular flexibility index (Phi) is 9.40. The monoisotopic (exact) mass is 524 g/mol. The first-order valence-electron chi connectivity index (χ1n) is 10.4. The standard InChI is InChI=1S/C24H30BrClN2O4/c1-6-20(23(30)27-24(2,3)4)28(14-16-7-10-18(31-5)11-8-16)22(29)15-32-21-12-9-17(26)13-19(21)25/h7-13,20H,6,14-15H2,1-5H3,(H,27,30)/t20-/m0/s1. The van der Waals surface area contributed by atoms with Crippen molar-refractivity contribution in [3.8, 4) is 11.5 Å². The van der Waals surface area contributed by atoms with Crippen LogP contribution in [-0.4, -0.2) is 42.0 Å². The summed E-state index contributed by atoms with van der Waals surface area (Å²) < 4.78 is 11.6. The molecule has 8 heteroatoms. The van der Waals surface area contributed by atoms with Crippen molar-refractivity contribution >= 4 is 39.3 Å². The number of hydrogen-bond donors (Lipinski definition) is 1. The molecule has 2 aromatic carbocycles. The molecule has 0 aliphatic carbocycles. The Bertz CT molecular complexity index is 929. The van der Waals surface area contributed by atoms with E-state index in [0.717, 1.165) is 11.3 Å². The highest BCUT2D eigenvalue weighted by Crippen LogP contribution is 2.28. The van der Waals surface area contributed by atoms with Crippen LogP contribution >= 0.6 is 27.5 Å². The zero-order valence-corrected chi connectivity index (χ0v) is 21.4. The molecule has 0 unspecified atom stereocenters. The second-order valence-electron chi connectivity index (χ2n) is 8.40. The Balaban J connectivity index is 2.25. The predicted molar refractivity (Wildman–Crippen MR) is 130 cm³/mol. The van der Waals surface area contributed by atoms with Crippen LogP contribution in [0, 0.1) is 0 Å². The highest BCUT2D eigenvalue weighted by molar-refractivity contribution is 9.10. The van der Waals surface area contributed by atoms with Crippen LogP contribution in [0.2, 0.25) is 5.02 Å². The summed E-state index contributed by atoms with van der Waals surface area (Å²) in [5.41, 5.74) is 0.470. The lowest BCUT2D eigenvalue weighted by Gasteiger charge is -2.33. The molecule has 1 N–H and O–H groups in total. The van der Waals surface area contributed by atoms with Gasteiger partial charge in [-0.05, 0) is 79.0 Å². The molecule has 6 nitrogen and oxygen atoms in total. The summed E-state index contributed by atoms with van der Waals surface area (Å²) in [6.45, 7) is 7.68. The van der Waals surface area contributed by atoms with Crippen LogP contribution in [0.1, 0.15) is 39.7 Å². The molecule has 174 valence electrons. The van der Waals surface area contributed by atoms with Gasteiger partial charge in [0.25, 0.3) is 5.91 Å². The number of benzene rings is 2. The summed E-state index contributed by atoms with van der Waals surface area (Å²) in [5, 5.41) is 3.54. The molecule has 0 saturated carbocycles. The molecule has 0 bridgehead atoms. The maximum absolute atomic E-state index is 13.2. The Morgan fingerprint density at radius 1 is 1.16 bits per heavy atom. The minimum absolute atomic E-state index is 0.200. The molecule has 32 heavy (non-hydrogen) atoms. The van der Waals surface area contributed by atoms with Crippen molar-refractivity contribution in [2.75, 3.05) is 13.7 Å². The quantitative estimate of drug-likeness (QED) is 0.488. The number of nitrogens with one attached hydrogen (secondary N) is 1. The predicted octanol–water partition coefficient (Wildman–Crippen LogP) is 5.21. The molecular formula is C24H30BrClN2O4. The lowest BCUT2D eigenvalue weighted by atomic mass is 10.1. The van der Waals surface area contributed by atoms with Crippen molar-refractivity contribution in [1.82, 2.24) is 10.2 Å². The minimum atomic E-state index is -0.638. The summed E-state index contributed by atoms with van der Waals surface area (Å²) in [6, 6.07) is 11.9. The van der Waals surface area contributed by atoms with Gasteiger partial charge in [-0.1, -0.05) is 30.7 Å². The van der Waals surface area contributed by atoms with Gasteiger partial charge < -0.3 is 19.7 Å². The number of methoxy groups -OCH3 is 1.